The molecule has 1 aliphatic carbocycles. The zero-order valence-corrected chi connectivity index (χ0v) is 9.82. The highest BCUT2D eigenvalue weighted by molar-refractivity contribution is 5.69. The highest BCUT2D eigenvalue weighted by Crippen LogP contribution is 2.21. The number of aryl methyl sites for hydroxylation is 1. The topological polar surface area (TPSA) is 0 Å². The first-order chi connectivity index (χ1) is 7.90. The number of benzene rings is 1. The van der Waals surface area contributed by atoms with E-state index in [0.29, 0.717) is 0 Å². The molecule has 16 heavy (non-hydrogen) atoms. The Bertz CT molecular complexity index is 416. The summed E-state index contributed by atoms with van der Waals surface area (Å²) in [6.07, 6.45) is 14.1. The van der Waals surface area contributed by atoms with E-state index in [4.69, 9.17) is 0 Å². The minimum absolute atomic E-state index is 1.03. The summed E-state index contributed by atoms with van der Waals surface area (Å²) in [7, 11) is 0. The molecule has 0 heteroatoms. The lowest BCUT2D eigenvalue weighted by atomic mass is 10.00. The molecule has 0 aliphatic heterocycles. The monoisotopic (exact) mass is 210 g/mol. The first-order valence-electron chi connectivity index (χ1n) is 6.02. The van der Waals surface area contributed by atoms with Crippen molar-refractivity contribution < 1.29 is 0 Å². The molecule has 0 saturated carbocycles. The van der Waals surface area contributed by atoms with Crippen LogP contribution < -0.4 is 0 Å². The maximum Gasteiger partial charge on any atom is -0.00884 e. The fraction of sp³-hybridized carbons (Fsp3) is 0.250. The fourth-order valence-electron chi connectivity index (χ4n) is 1.97. The molecule has 0 nitrogen and oxygen atoms in total. The average Bonchev–Trinajstić information content (AvgIpc) is 2.59. The van der Waals surface area contributed by atoms with Crippen LogP contribution in [0.15, 0.2) is 54.6 Å². The molecule has 0 bridgehead atoms. The van der Waals surface area contributed by atoms with Gasteiger partial charge >= 0.3 is 0 Å². The second kappa shape index (κ2) is 5.50. The third kappa shape index (κ3) is 2.73. The van der Waals surface area contributed by atoms with Crippen LogP contribution in [0.5, 0.6) is 0 Å². The minimum atomic E-state index is 1.03. The zero-order chi connectivity index (χ0) is 11.2. The molecular weight excluding hydrogens is 192 g/mol. The highest BCUT2D eigenvalue weighted by atomic mass is 14.1. The Morgan fingerprint density at radius 3 is 2.56 bits per heavy atom. The van der Waals surface area contributed by atoms with Gasteiger partial charge in [-0.05, 0) is 29.5 Å². The molecule has 0 amide bonds. The van der Waals surface area contributed by atoms with Crippen LogP contribution in [-0.4, -0.2) is 0 Å². The van der Waals surface area contributed by atoms with Gasteiger partial charge in [0.25, 0.3) is 0 Å². The average molecular weight is 210 g/mol. The molecule has 0 spiro atoms. The van der Waals surface area contributed by atoms with Gasteiger partial charge in [0.15, 0.2) is 0 Å². The number of rotatable bonds is 3. The van der Waals surface area contributed by atoms with E-state index in [0.717, 1.165) is 6.42 Å². The van der Waals surface area contributed by atoms with Crippen LogP contribution in [-0.2, 0) is 6.42 Å². The Morgan fingerprint density at radius 1 is 1.00 bits per heavy atom. The van der Waals surface area contributed by atoms with E-state index in [-0.39, 0.29) is 0 Å². The van der Waals surface area contributed by atoms with Crippen molar-refractivity contribution in [2.75, 3.05) is 0 Å². The van der Waals surface area contributed by atoms with E-state index < -0.39 is 0 Å². The predicted octanol–water partition coefficient (Wildman–Crippen LogP) is 4.54. The zero-order valence-electron chi connectivity index (χ0n) is 9.82. The number of hydrogen-bond acceptors (Lipinski definition) is 0. The highest BCUT2D eigenvalue weighted by Gasteiger charge is 2.00. The standard InChI is InChI=1S/C16H18/c1-2-7-14-10-12-16(13-11-14)15-8-5-3-4-6-9-15/h3-6,8,10-13H,2,7,9H2,1H3. The molecule has 0 unspecified atom stereocenters. The van der Waals surface area contributed by atoms with Crippen LogP contribution in [0.25, 0.3) is 5.57 Å². The summed E-state index contributed by atoms with van der Waals surface area (Å²) in [6.45, 7) is 2.22. The summed E-state index contributed by atoms with van der Waals surface area (Å²) in [6, 6.07) is 8.98. The van der Waals surface area contributed by atoms with Crippen molar-refractivity contribution in [1.82, 2.24) is 0 Å². The number of hydrogen-bond donors (Lipinski definition) is 0. The van der Waals surface area contributed by atoms with Gasteiger partial charge in [0, 0.05) is 0 Å². The van der Waals surface area contributed by atoms with E-state index in [1.165, 1.54) is 29.5 Å². The SMILES string of the molecule is CCCc1ccc(C2=CC=CC=CC2)cc1. The molecule has 1 aliphatic rings. The molecule has 0 saturated heterocycles. The van der Waals surface area contributed by atoms with Gasteiger partial charge in [-0.2, -0.15) is 0 Å². The quantitative estimate of drug-likeness (QED) is 0.687. The maximum absolute atomic E-state index is 2.25. The minimum Gasteiger partial charge on any atom is -0.0801 e. The van der Waals surface area contributed by atoms with Crippen LogP contribution in [0.3, 0.4) is 0 Å². The molecule has 0 aromatic heterocycles. The van der Waals surface area contributed by atoms with Crippen LogP contribution >= 0.6 is 0 Å². The van der Waals surface area contributed by atoms with Gasteiger partial charge in [-0.1, -0.05) is 68.0 Å². The lowest BCUT2D eigenvalue weighted by Crippen LogP contribution is -1.86. The lowest BCUT2D eigenvalue weighted by Gasteiger charge is -2.05. The van der Waals surface area contributed by atoms with Crippen molar-refractivity contribution in [3.05, 3.63) is 65.8 Å². The lowest BCUT2D eigenvalue weighted by molar-refractivity contribution is 0.921. The van der Waals surface area contributed by atoms with E-state index in [2.05, 4.69) is 61.6 Å². The van der Waals surface area contributed by atoms with Crippen molar-refractivity contribution in [2.45, 2.75) is 26.2 Å². The number of allylic oxidation sites excluding steroid dienone is 6. The molecule has 1 aromatic carbocycles. The normalized spacial score (nSPS) is 14.7. The third-order valence-corrected chi connectivity index (χ3v) is 2.86. The molecule has 1 aromatic rings. The summed E-state index contributed by atoms with van der Waals surface area (Å²) < 4.78 is 0. The smallest absolute Gasteiger partial charge is 0.00884 e. The molecule has 82 valence electrons. The van der Waals surface area contributed by atoms with Gasteiger partial charge in [-0.15, -0.1) is 0 Å². The first-order valence-corrected chi connectivity index (χ1v) is 6.02. The van der Waals surface area contributed by atoms with Crippen molar-refractivity contribution in [3.8, 4) is 0 Å². The van der Waals surface area contributed by atoms with E-state index in [1.54, 1.807) is 0 Å². The fourth-order valence-corrected chi connectivity index (χ4v) is 1.97. The van der Waals surface area contributed by atoms with Gasteiger partial charge < -0.3 is 0 Å². The van der Waals surface area contributed by atoms with Crippen LogP contribution in [0.2, 0.25) is 0 Å². The van der Waals surface area contributed by atoms with Gasteiger partial charge in [0.05, 0.1) is 0 Å². The molecule has 0 atom stereocenters. The van der Waals surface area contributed by atoms with Gasteiger partial charge in [-0.25, -0.2) is 0 Å². The first kappa shape index (κ1) is 10.9. The summed E-state index contributed by atoms with van der Waals surface area (Å²) >= 11 is 0. The van der Waals surface area contributed by atoms with Crippen molar-refractivity contribution in [1.29, 1.82) is 0 Å². The molecule has 0 N–H and O–H groups in total. The third-order valence-electron chi connectivity index (χ3n) is 2.86. The summed E-state index contributed by atoms with van der Waals surface area (Å²) in [5.41, 5.74) is 4.18. The van der Waals surface area contributed by atoms with Crippen molar-refractivity contribution in [2.24, 2.45) is 0 Å². The van der Waals surface area contributed by atoms with Gasteiger partial charge in [0.1, 0.15) is 0 Å². The predicted molar refractivity (Wildman–Crippen MR) is 71.3 cm³/mol. The van der Waals surface area contributed by atoms with Gasteiger partial charge in [-0.3, -0.25) is 0 Å². The van der Waals surface area contributed by atoms with E-state index in [9.17, 15) is 0 Å². The van der Waals surface area contributed by atoms with E-state index in [1.807, 2.05) is 0 Å². The molecule has 0 radical (unpaired) electrons. The summed E-state index contributed by atoms with van der Waals surface area (Å²) in [5, 5.41) is 0. The largest absolute Gasteiger partial charge is 0.0801 e. The molecule has 0 fully saturated rings. The second-order valence-corrected chi connectivity index (χ2v) is 4.16. The Hall–Kier alpha value is -1.56. The second-order valence-electron chi connectivity index (χ2n) is 4.16. The van der Waals surface area contributed by atoms with Crippen LogP contribution in [0, 0.1) is 0 Å². The molecule has 0 heterocycles. The van der Waals surface area contributed by atoms with Crippen molar-refractivity contribution >= 4 is 5.57 Å². The molecular formula is C16H18. The summed E-state index contributed by atoms with van der Waals surface area (Å²) in [4.78, 5) is 0. The Kier molecular flexibility index (Phi) is 3.76. The summed E-state index contributed by atoms with van der Waals surface area (Å²) in [5.74, 6) is 0. The van der Waals surface area contributed by atoms with Crippen LogP contribution in [0.4, 0.5) is 0 Å². The molecule has 2 rings (SSSR count). The van der Waals surface area contributed by atoms with Crippen LogP contribution in [0.1, 0.15) is 30.9 Å². The Labute approximate surface area is 98.0 Å². The van der Waals surface area contributed by atoms with Crippen molar-refractivity contribution in [3.63, 3.8) is 0 Å². The van der Waals surface area contributed by atoms with Gasteiger partial charge in [0.2, 0.25) is 0 Å². The Morgan fingerprint density at radius 2 is 1.81 bits per heavy atom. The maximum atomic E-state index is 2.25. The Balaban J connectivity index is 2.18. The van der Waals surface area contributed by atoms with E-state index >= 15 is 0 Å².